The number of hydrogen-bond donors (Lipinski definition) is 1. The Balaban J connectivity index is 1.58. The molecule has 5 heteroatoms. The van der Waals surface area contributed by atoms with Gasteiger partial charge in [-0.2, -0.15) is 0 Å². The third kappa shape index (κ3) is 6.27. The maximum atomic E-state index is 5.86. The van der Waals surface area contributed by atoms with Crippen LogP contribution in [0.3, 0.4) is 0 Å². The molecule has 2 aromatic rings. The van der Waals surface area contributed by atoms with Crippen LogP contribution < -0.4 is 10.1 Å². The summed E-state index contributed by atoms with van der Waals surface area (Å²) in [5, 5.41) is 3.40. The molecule has 1 heterocycles. The van der Waals surface area contributed by atoms with Gasteiger partial charge < -0.3 is 19.7 Å². The second-order valence-corrected chi connectivity index (χ2v) is 7.20. The molecule has 3 rings (SSSR count). The first-order valence-electron chi connectivity index (χ1n) is 10.1. The summed E-state index contributed by atoms with van der Waals surface area (Å²) in [6, 6.07) is 18.3. The van der Waals surface area contributed by atoms with Crippen molar-refractivity contribution in [2.24, 2.45) is 10.9 Å². The number of nitrogens with one attached hydrogen (secondary N) is 1. The Kier molecular flexibility index (Phi) is 7.73. The lowest BCUT2D eigenvalue weighted by Crippen LogP contribution is -2.41. The molecule has 150 valence electrons. The number of rotatable bonds is 8. The van der Waals surface area contributed by atoms with Crippen molar-refractivity contribution < 1.29 is 9.47 Å². The molecule has 0 bridgehead atoms. The van der Waals surface area contributed by atoms with Crippen molar-refractivity contribution in [2.75, 3.05) is 33.4 Å². The van der Waals surface area contributed by atoms with Gasteiger partial charge in [0.05, 0.1) is 13.2 Å². The van der Waals surface area contributed by atoms with Gasteiger partial charge in [0, 0.05) is 32.7 Å². The third-order valence-corrected chi connectivity index (χ3v) is 4.80. The summed E-state index contributed by atoms with van der Waals surface area (Å²) in [4.78, 5) is 7.05. The lowest BCUT2D eigenvalue weighted by molar-refractivity contribution is 0.181. The Hall–Kier alpha value is -2.53. The van der Waals surface area contributed by atoms with Gasteiger partial charge in [0.1, 0.15) is 12.4 Å². The van der Waals surface area contributed by atoms with E-state index in [-0.39, 0.29) is 0 Å². The van der Waals surface area contributed by atoms with Crippen LogP contribution in [0.2, 0.25) is 0 Å². The highest BCUT2D eigenvalue weighted by Gasteiger charge is 2.19. The first-order chi connectivity index (χ1) is 13.7. The molecular weight excluding hydrogens is 350 g/mol. The normalized spacial score (nSPS) is 16.8. The van der Waals surface area contributed by atoms with Crippen LogP contribution in [0.4, 0.5) is 0 Å². The highest BCUT2D eigenvalue weighted by molar-refractivity contribution is 5.79. The van der Waals surface area contributed by atoms with Crippen molar-refractivity contribution in [3.8, 4) is 5.75 Å². The van der Waals surface area contributed by atoms with Crippen LogP contribution in [-0.4, -0.2) is 44.2 Å². The first kappa shape index (κ1) is 20.2. The zero-order valence-electron chi connectivity index (χ0n) is 16.9. The predicted molar refractivity (Wildman–Crippen MR) is 114 cm³/mol. The molecule has 1 aliphatic rings. The van der Waals surface area contributed by atoms with E-state index < -0.39 is 0 Å². The Labute approximate surface area is 168 Å². The van der Waals surface area contributed by atoms with Gasteiger partial charge in [-0.05, 0) is 36.6 Å². The summed E-state index contributed by atoms with van der Waals surface area (Å²) in [5.41, 5.74) is 2.33. The van der Waals surface area contributed by atoms with Gasteiger partial charge in [0.25, 0.3) is 0 Å². The fourth-order valence-corrected chi connectivity index (χ4v) is 3.34. The molecule has 1 saturated heterocycles. The summed E-state index contributed by atoms with van der Waals surface area (Å²) in [6.07, 6.45) is 1.13. The van der Waals surface area contributed by atoms with Gasteiger partial charge in [-0.25, -0.2) is 4.99 Å². The van der Waals surface area contributed by atoms with Gasteiger partial charge >= 0.3 is 0 Å². The number of ether oxygens (including phenoxy) is 2. The summed E-state index contributed by atoms with van der Waals surface area (Å²) >= 11 is 0. The fourth-order valence-electron chi connectivity index (χ4n) is 3.34. The number of hydrogen-bond acceptors (Lipinski definition) is 3. The quantitative estimate of drug-likeness (QED) is 0.559. The molecule has 0 saturated carbocycles. The highest BCUT2D eigenvalue weighted by atomic mass is 16.5. The van der Waals surface area contributed by atoms with E-state index in [0.29, 0.717) is 19.1 Å². The van der Waals surface area contributed by atoms with E-state index in [2.05, 4.69) is 48.5 Å². The SMILES string of the molecule is CCNC(=NCc1cccc(COc2ccccc2)c1)N(C)CC1CCOC1. The number of para-hydroxylation sites is 1. The molecule has 2 aromatic carbocycles. The van der Waals surface area contributed by atoms with E-state index in [9.17, 15) is 0 Å². The highest BCUT2D eigenvalue weighted by Crippen LogP contribution is 2.15. The Morgan fingerprint density at radius 2 is 2.00 bits per heavy atom. The first-order valence-corrected chi connectivity index (χ1v) is 10.1. The lowest BCUT2D eigenvalue weighted by atomic mass is 10.1. The van der Waals surface area contributed by atoms with E-state index in [0.717, 1.165) is 50.0 Å². The van der Waals surface area contributed by atoms with E-state index >= 15 is 0 Å². The number of benzene rings is 2. The third-order valence-electron chi connectivity index (χ3n) is 4.80. The zero-order chi connectivity index (χ0) is 19.6. The molecule has 1 unspecified atom stereocenters. The summed E-state index contributed by atoms with van der Waals surface area (Å²) in [7, 11) is 2.10. The van der Waals surface area contributed by atoms with E-state index in [1.807, 2.05) is 30.3 Å². The summed E-state index contributed by atoms with van der Waals surface area (Å²) < 4.78 is 11.4. The van der Waals surface area contributed by atoms with Crippen LogP contribution in [0.25, 0.3) is 0 Å². The molecule has 28 heavy (non-hydrogen) atoms. The van der Waals surface area contributed by atoms with Crippen LogP contribution in [0.5, 0.6) is 5.75 Å². The summed E-state index contributed by atoms with van der Waals surface area (Å²) in [6.45, 7) is 6.86. The maximum Gasteiger partial charge on any atom is 0.193 e. The van der Waals surface area contributed by atoms with Crippen LogP contribution in [0.15, 0.2) is 59.6 Å². The molecule has 1 fully saturated rings. The standard InChI is InChI=1S/C23H31N3O2/c1-3-24-23(26(2)16-21-12-13-27-17-21)25-15-19-8-7-9-20(14-19)18-28-22-10-5-4-6-11-22/h4-11,14,21H,3,12-13,15-18H2,1-2H3,(H,24,25). The number of aliphatic imine (C=N–C) groups is 1. The van der Waals surface area contributed by atoms with Crippen molar-refractivity contribution in [1.82, 2.24) is 10.2 Å². The van der Waals surface area contributed by atoms with Gasteiger partial charge in [0.15, 0.2) is 5.96 Å². The molecule has 0 aromatic heterocycles. The van der Waals surface area contributed by atoms with Crippen molar-refractivity contribution in [3.05, 3.63) is 65.7 Å². The van der Waals surface area contributed by atoms with Gasteiger partial charge in [-0.15, -0.1) is 0 Å². The average molecular weight is 382 g/mol. The van der Waals surface area contributed by atoms with Gasteiger partial charge in [0.2, 0.25) is 0 Å². The summed E-state index contributed by atoms with van der Waals surface area (Å²) in [5.74, 6) is 2.42. The Morgan fingerprint density at radius 1 is 1.18 bits per heavy atom. The average Bonchev–Trinajstić information content (AvgIpc) is 3.23. The topological polar surface area (TPSA) is 46.1 Å². The Morgan fingerprint density at radius 3 is 2.75 bits per heavy atom. The van der Waals surface area contributed by atoms with E-state index in [1.165, 1.54) is 5.56 Å². The minimum atomic E-state index is 0.559. The minimum absolute atomic E-state index is 0.559. The second kappa shape index (κ2) is 10.7. The largest absolute Gasteiger partial charge is 0.489 e. The van der Waals surface area contributed by atoms with Gasteiger partial charge in [-0.1, -0.05) is 42.5 Å². The Bertz CT molecular complexity index is 743. The number of guanidine groups is 1. The molecule has 1 N–H and O–H groups in total. The second-order valence-electron chi connectivity index (χ2n) is 7.20. The van der Waals surface area contributed by atoms with Crippen molar-refractivity contribution in [2.45, 2.75) is 26.5 Å². The molecule has 1 atom stereocenters. The maximum absolute atomic E-state index is 5.86. The number of nitrogens with zero attached hydrogens (tertiary/aromatic N) is 2. The molecule has 0 amide bonds. The molecular formula is C23H31N3O2. The van der Waals surface area contributed by atoms with Crippen molar-refractivity contribution in [1.29, 1.82) is 0 Å². The van der Waals surface area contributed by atoms with Crippen LogP contribution in [-0.2, 0) is 17.9 Å². The van der Waals surface area contributed by atoms with E-state index in [1.54, 1.807) is 0 Å². The minimum Gasteiger partial charge on any atom is -0.489 e. The molecule has 0 radical (unpaired) electrons. The smallest absolute Gasteiger partial charge is 0.193 e. The molecule has 5 nitrogen and oxygen atoms in total. The van der Waals surface area contributed by atoms with Gasteiger partial charge in [-0.3, -0.25) is 0 Å². The van der Waals surface area contributed by atoms with Crippen LogP contribution in [0, 0.1) is 5.92 Å². The van der Waals surface area contributed by atoms with E-state index in [4.69, 9.17) is 14.5 Å². The molecule has 0 aliphatic carbocycles. The zero-order valence-corrected chi connectivity index (χ0v) is 16.9. The molecule has 0 spiro atoms. The van der Waals surface area contributed by atoms with Crippen LogP contribution in [0.1, 0.15) is 24.5 Å². The predicted octanol–water partition coefficient (Wildman–Crippen LogP) is 3.70. The van der Waals surface area contributed by atoms with Crippen molar-refractivity contribution >= 4 is 5.96 Å². The monoisotopic (exact) mass is 381 g/mol. The molecule has 1 aliphatic heterocycles. The fraction of sp³-hybridized carbons (Fsp3) is 0.435. The van der Waals surface area contributed by atoms with Crippen LogP contribution >= 0.6 is 0 Å². The lowest BCUT2D eigenvalue weighted by Gasteiger charge is -2.24. The van der Waals surface area contributed by atoms with Crippen molar-refractivity contribution in [3.63, 3.8) is 0 Å².